The van der Waals surface area contributed by atoms with Crippen molar-refractivity contribution in [3.8, 4) is 6.07 Å². The Morgan fingerprint density at radius 2 is 2.35 bits per heavy atom. The van der Waals surface area contributed by atoms with Crippen LogP contribution in [0.3, 0.4) is 0 Å². The van der Waals surface area contributed by atoms with E-state index in [-0.39, 0.29) is 0 Å². The molecule has 1 aromatic rings. The highest BCUT2D eigenvalue weighted by Crippen LogP contribution is 2.27. The lowest BCUT2D eigenvalue weighted by Crippen LogP contribution is -2.61. The van der Waals surface area contributed by atoms with E-state index in [4.69, 9.17) is 5.26 Å². The van der Waals surface area contributed by atoms with E-state index in [9.17, 15) is 5.11 Å². The Morgan fingerprint density at radius 3 is 3.00 bits per heavy atom. The molecule has 1 fully saturated rings. The second-order valence-corrected chi connectivity index (χ2v) is 4.74. The largest absolute Gasteiger partial charge is 0.387 e. The lowest BCUT2D eigenvalue weighted by atomic mass is 9.89. The van der Waals surface area contributed by atoms with Crippen molar-refractivity contribution in [2.75, 3.05) is 13.1 Å². The molecule has 1 N–H and O–H groups in total. The lowest BCUT2D eigenvalue weighted by molar-refractivity contribution is -0.106. The predicted octanol–water partition coefficient (Wildman–Crippen LogP) is 1.30. The molecular formula is C13H17N3O. The summed E-state index contributed by atoms with van der Waals surface area (Å²) in [6, 6.07) is 5.86. The summed E-state index contributed by atoms with van der Waals surface area (Å²) >= 11 is 0. The Bertz CT molecular complexity index is 433. The van der Waals surface area contributed by atoms with Crippen LogP contribution in [-0.4, -0.2) is 33.7 Å². The van der Waals surface area contributed by atoms with Gasteiger partial charge in [0.05, 0.1) is 5.60 Å². The van der Waals surface area contributed by atoms with Crippen LogP contribution in [0, 0.1) is 11.3 Å². The zero-order chi connectivity index (χ0) is 12.3. The minimum atomic E-state index is -0.510. The summed E-state index contributed by atoms with van der Waals surface area (Å²) in [6.45, 7) is 4.17. The molecule has 1 saturated heterocycles. The van der Waals surface area contributed by atoms with Gasteiger partial charge >= 0.3 is 0 Å². The summed E-state index contributed by atoms with van der Waals surface area (Å²) in [4.78, 5) is 6.18. The molecule has 17 heavy (non-hydrogen) atoms. The van der Waals surface area contributed by atoms with E-state index in [0.717, 1.165) is 18.4 Å². The average Bonchev–Trinajstić information content (AvgIpc) is 2.28. The number of nitrogens with zero attached hydrogens (tertiary/aromatic N) is 3. The number of aromatic nitrogens is 1. The summed E-state index contributed by atoms with van der Waals surface area (Å²) in [6.07, 6.45) is 3.48. The molecule has 1 aromatic heterocycles. The molecule has 0 aromatic carbocycles. The molecule has 0 spiro atoms. The molecule has 0 atom stereocenters. The summed E-state index contributed by atoms with van der Waals surface area (Å²) < 4.78 is 0. The van der Waals surface area contributed by atoms with Gasteiger partial charge in [-0.05, 0) is 12.5 Å². The maximum atomic E-state index is 10.1. The van der Waals surface area contributed by atoms with E-state index >= 15 is 0 Å². The standard InChI is InChI=1S/C13H17N3O/c1-2-5-13(17)9-16(10-13)8-11-4-3-6-15-12(11)7-14/h3-4,6,17H,2,5,8-10H2,1H3. The second-order valence-electron chi connectivity index (χ2n) is 4.74. The fourth-order valence-corrected chi connectivity index (χ4v) is 2.43. The van der Waals surface area contributed by atoms with Crippen LogP contribution < -0.4 is 0 Å². The molecule has 90 valence electrons. The number of rotatable bonds is 4. The molecule has 0 unspecified atom stereocenters. The number of aliphatic hydroxyl groups is 1. The first-order valence-electron chi connectivity index (χ1n) is 5.95. The quantitative estimate of drug-likeness (QED) is 0.848. The molecule has 0 saturated carbocycles. The third-order valence-electron chi connectivity index (χ3n) is 3.14. The normalized spacial score (nSPS) is 18.4. The molecule has 4 nitrogen and oxygen atoms in total. The van der Waals surface area contributed by atoms with Crippen LogP contribution in [0.5, 0.6) is 0 Å². The fraction of sp³-hybridized carbons (Fsp3) is 0.538. The van der Waals surface area contributed by atoms with Crippen LogP contribution in [0.4, 0.5) is 0 Å². The van der Waals surface area contributed by atoms with Gasteiger partial charge in [0.25, 0.3) is 0 Å². The number of nitriles is 1. The monoisotopic (exact) mass is 231 g/mol. The molecule has 2 rings (SSSR count). The smallest absolute Gasteiger partial charge is 0.144 e. The Balaban J connectivity index is 1.94. The molecular weight excluding hydrogens is 214 g/mol. The third kappa shape index (κ3) is 2.63. The molecule has 2 heterocycles. The Hall–Kier alpha value is -1.44. The highest BCUT2D eigenvalue weighted by Gasteiger charge is 2.39. The summed E-state index contributed by atoms with van der Waals surface area (Å²) in [5.74, 6) is 0. The number of pyridine rings is 1. The van der Waals surface area contributed by atoms with Gasteiger partial charge in [0.1, 0.15) is 11.8 Å². The van der Waals surface area contributed by atoms with Gasteiger partial charge in [-0.1, -0.05) is 19.4 Å². The van der Waals surface area contributed by atoms with Crippen LogP contribution in [0.15, 0.2) is 18.3 Å². The van der Waals surface area contributed by atoms with Crippen molar-refractivity contribution in [1.82, 2.24) is 9.88 Å². The number of hydrogen-bond acceptors (Lipinski definition) is 4. The van der Waals surface area contributed by atoms with Gasteiger partial charge in [0.15, 0.2) is 0 Å². The second kappa shape index (κ2) is 4.82. The highest BCUT2D eigenvalue weighted by molar-refractivity contribution is 5.30. The van der Waals surface area contributed by atoms with Crippen LogP contribution >= 0.6 is 0 Å². The van der Waals surface area contributed by atoms with E-state index < -0.39 is 5.60 Å². The average molecular weight is 231 g/mol. The first-order chi connectivity index (χ1) is 8.17. The molecule has 1 aliphatic heterocycles. The van der Waals surface area contributed by atoms with E-state index in [1.807, 2.05) is 12.1 Å². The minimum absolute atomic E-state index is 0.485. The SMILES string of the molecule is CCCC1(O)CN(Cc2cccnc2C#N)C1. The Labute approximate surface area is 102 Å². The van der Waals surface area contributed by atoms with Crippen molar-refractivity contribution in [1.29, 1.82) is 5.26 Å². The fourth-order valence-electron chi connectivity index (χ4n) is 2.43. The minimum Gasteiger partial charge on any atom is -0.387 e. The van der Waals surface area contributed by atoms with Crippen molar-refractivity contribution in [3.63, 3.8) is 0 Å². The molecule has 0 bridgehead atoms. The van der Waals surface area contributed by atoms with Crippen molar-refractivity contribution >= 4 is 0 Å². The summed E-state index contributed by atoms with van der Waals surface area (Å²) in [5, 5.41) is 19.0. The maximum Gasteiger partial charge on any atom is 0.144 e. The summed E-state index contributed by atoms with van der Waals surface area (Å²) in [5.41, 5.74) is 0.913. The van der Waals surface area contributed by atoms with Crippen molar-refractivity contribution in [3.05, 3.63) is 29.6 Å². The maximum absolute atomic E-state index is 10.1. The van der Waals surface area contributed by atoms with Gasteiger partial charge in [-0.2, -0.15) is 5.26 Å². The molecule has 1 aliphatic rings. The van der Waals surface area contributed by atoms with Gasteiger partial charge < -0.3 is 5.11 Å². The highest BCUT2D eigenvalue weighted by atomic mass is 16.3. The van der Waals surface area contributed by atoms with E-state index in [0.29, 0.717) is 25.3 Å². The first-order valence-corrected chi connectivity index (χ1v) is 5.95. The molecule has 0 amide bonds. The topological polar surface area (TPSA) is 60.1 Å². The van der Waals surface area contributed by atoms with Crippen molar-refractivity contribution in [2.24, 2.45) is 0 Å². The Kier molecular flexibility index (Phi) is 3.41. The zero-order valence-electron chi connectivity index (χ0n) is 10.1. The molecule has 0 radical (unpaired) electrons. The van der Waals surface area contributed by atoms with E-state index in [1.54, 1.807) is 6.20 Å². The van der Waals surface area contributed by atoms with Gasteiger partial charge in [0.2, 0.25) is 0 Å². The van der Waals surface area contributed by atoms with Gasteiger partial charge in [0, 0.05) is 31.4 Å². The zero-order valence-corrected chi connectivity index (χ0v) is 10.1. The van der Waals surface area contributed by atoms with Gasteiger partial charge in [-0.3, -0.25) is 4.90 Å². The third-order valence-corrected chi connectivity index (χ3v) is 3.14. The molecule has 4 heteroatoms. The number of hydrogen-bond donors (Lipinski definition) is 1. The number of likely N-dealkylation sites (tertiary alicyclic amines) is 1. The van der Waals surface area contributed by atoms with Crippen molar-refractivity contribution in [2.45, 2.75) is 31.9 Å². The number of β-amino-alcohol motifs (C(OH)–C–C–N with tert-alkyl or cyclic N) is 1. The predicted molar refractivity (Wildman–Crippen MR) is 64.1 cm³/mol. The van der Waals surface area contributed by atoms with E-state index in [1.165, 1.54) is 0 Å². The molecule has 0 aliphatic carbocycles. The van der Waals surface area contributed by atoms with Gasteiger partial charge in [-0.25, -0.2) is 4.98 Å². The van der Waals surface area contributed by atoms with Gasteiger partial charge in [-0.15, -0.1) is 0 Å². The van der Waals surface area contributed by atoms with Crippen LogP contribution in [-0.2, 0) is 6.54 Å². The lowest BCUT2D eigenvalue weighted by Gasteiger charge is -2.46. The first kappa shape index (κ1) is 12.0. The van der Waals surface area contributed by atoms with Crippen LogP contribution in [0.25, 0.3) is 0 Å². The van der Waals surface area contributed by atoms with E-state index in [2.05, 4.69) is 22.9 Å². The summed E-state index contributed by atoms with van der Waals surface area (Å²) in [7, 11) is 0. The van der Waals surface area contributed by atoms with Crippen LogP contribution in [0.2, 0.25) is 0 Å². The van der Waals surface area contributed by atoms with Crippen molar-refractivity contribution < 1.29 is 5.11 Å². The Morgan fingerprint density at radius 1 is 1.59 bits per heavy atom. The van der Waals surface area contributed by atoms with Crippen LogP contribution in [0.1, 0.15) is 31.0 Å².